The summed E-state index contributed by atoms with van der Waals surface area (Å²) in [6.07, 6.45) is 5.04. The van der Waals surface area contributed by atoms with Crippen molar-refractivity contribution in [2.24, 2.45) is 0 Å². The molecule has 0 spiro atoms. The van der Waals surface area contributed by atoms with E-state index < -0.39 is 0 Å². The van der Waals surface area contributed by atoms with Crippen LogP contribution in [0.15, 0.2) is 17.7 Å². The van der Waals surface area contributed by atoms with Crippen molar-refractivity contribution >= 4 is 16.9 Å². The molecule has 10 heavy (non-hydrogen) atoms. The third kappa shape index (κ3) is 1.45. The zero-order chi connectivity index (χ0) is 7.40. The number of hydrogen-bond donors (Lipinski definition) is 0. The van der Waals surface area contributed by atoms with Crippen LogP contribution in [0.25, 0.3) is 5.57 Å². The van der Waals surface area contributed by atoms with E-state index in [2.05, 4.69) is 24.9 Å². The predicted octanol–water partition coefficient (Wildman–Crippen LogP) is 2.96. The highest BCUT2D eigenvalue weighted by Crippen LogP contribution is 2.19. The average molecular weight is 153 g/mol. The number of nitrogens with zero attached hydrogens (tertiary/aromatic N) is 1. The molecule has 0 radical (unpaired) electrons. The fourth-order valence-corrected chi connectivity index (χ4v) is 1.65. The number of rotatable bonds is 2. The third-order valence-corrected chi connectivity index (χ3v) is 2.29. The van der Waals surface area contributed by atoms with Crippen LogP contribution < -0.4 is 0 Å². The van der Waals surface area contributed by atoms with Crippen molar-refractivity contribution in [2.45, 2.75) is 20.3 Å². The van der Waals surface area contributed by atoms with E-state index in [0.29, 0.717) is 0 Å². The lowest BCUT2D eigenvalue weighted by Crippen LogP contribution is -1.77. The molecule has 0 aliphatic rings. The van der Waals surface area contributed by atoms with Crippen LogP contribution in [0.2, 0.25) is 0 Å². The zero-order valence-corrected chi connectivity index (χ0v) is 7.11. The maximum Gasteiger partial charge on any atom is 0.118 e. The van der Waals surface area contributed by atoms with Gasteiger partial charge in [0, 0.05) is 11.6 Å². The highest BCUT2D eigenvalue weighted by Gasteiger charge is 1.98. The normalized spacial score (nSPS) is 12.0. The molecule has 1 heterocycles. The Labute approximate surface area is 65.4 Å². The van der Waals surface area contributed by atoms with Gasteiger partial charge in [0.2, 0.25) is 0 Å². The van der Waals surface area contributed by atoms with E-state index in [0.717, 1.165) is 11.4 Å². The van der Waals surface area contributed by atoms with Gasteiger partial charge in [-0.1, -0.05) is 13.0 Å². The molecule has 0 aliphatic carbocycles. The molecule has 1 aromatic heterocycles. The van der Waals surface area contributed by atoms with E-state index in [9.17, 15) is 0 Å². The molecule has 0 atom stereocenters. The first-order valence-corrected chi connectivity index (χ1v) is 4.31. The van der Waals surface area contributed by atoms with Crippen molar-refractivity contribution < 1.29 is 0 Å². The molecule has 0 aliphatic heterocycles. The van der Waals surface area contributed by atoms with Crippen LogP contribution in [0.4, 0.5) is 0 Å². The summed E-state index contributed by atoms with van der Waals surface area (Å²) in [5, 5.41) is 3.17. The Morgan fingerprint density at radius 1 is 1.80 bits per heavy atom. The number of allylic oxidation sites excluding steroid dienone is 2. The van der Waals surface area contributed by atoms with Crippen LogP contribution in [0.5, 0.6) is 0 Å². The zero-order valence-electron chi connectivity index (χ0n) is 6.29. The number of thiazole rings is 1. The highest BCUT2D eigenvalue weighted by molar-refractivity contribution is 7.10. The van der Waals surface area contributed by atoms with Gasteiger partial charge in [0.15, 0.2) is 0 Å². The quantitative estimate of drug-likeness (QED) is 0.636. The van der Waals surface area contributed by atoms with Gasteiger partial charge in [0.25, 0.3) is 0 Å². The summed E-state index contributed by atoms with van der Waals surface area (Å²) in [4.78, 5) is 4.21. The Morgan fingerprint density at radius 3 is 3.00 bits per heavy atom. The molecule has 0 fully saturated rings. The molecule has 0 saturated carbocycles. The third-order valence-electron chi connectivity index (χ3n) is 1.44. The van der Waals surface area contributed by atoms with Gasteiger partial charge >= 0.3 is 0 Å². The molecule has 0 amide bonds. The molecule has 54 valence electrons. The SMILES string of the molecule is C/C=C(/CC)c1nccs1. The minimum absolute atomic E-state index is 1.07. The fourth-order valence-electron chi connectivity index (χ4n) is 0.861. The molecule has 0 N–H and O–H groups in total. The largest absolute Gasteiger partial charge is 0.245 e. The molecular weight excluding hydrogens is 142 g/mol. The minimum Gasteiger partial charge on any atom is -0.245 e. The van der Waals surface area contributed by atoms with E-state index in [-0.39, 0.29) is 0 Å². The highest BCUT2D eigenvalue weighted by atomic mass is 32.1. The van der Waals surface area contributed by atoms with Gasteiger partial charge in [-0.15, -0.1) is 11.3 Å². The molecule has 1 nitrogen and oxygen atoms in total. The summed E-state index contributed by atoms with van der Waals surface area (Å²) < 4.78 is 0. The first-order valence-electron chi connectivity index (χ1n) is 3.43. The number of aromatic nitrogens is 1. The molecule has 1 rings (SSSR count). The molecular formula is C8H11NS. The van der Waals surface area contributed by atoms with Crippen molar-refractivity contribution in [2.75, 3.05) is 0 Å². The van der Waals surface area contributed by atoms with Crippen LogP contribution in [0, 0.1) is 0 Å². The second-order valence-corrected chi connectivity index (χ2v) is 2.90. The van der Waals surface area contributed by atoms with Crippen molar-refractivity contribution in [3.05, 3.63) is 22.7 Å². The van der Waals surface area contributed by atoms with E-state index in [1.807, 2.05) is 11.6 Å². The number of hydrogen-bond acceptors (Lipinski definition) is 2. The molecule has 0 bridgehead atoms. The van der Waals surface area contributed by atoms with Gasteiger partial charge in [-0.25, -0.2) is 4.98 Å². The van der Waals surface area contributed by atoms with Crippen LogP contribution in [0.1, 0.15) is 25.3 Å². The standard InChI is InChI=1S/C8H11NS/c1-3-7(4-2)8-9-5-6-10-8/h3,5-6H,4H2,1-2H3/b7-3-. The predicted molar refractivity (Wildman–Crippen MR) is 46.1 cm³/mol. The van der Waals surface area contributed by atoms with E-state index >= 15 is 0 Å². The summed E-state index contributed by atoms with van der Waals surface area (Å²) in [7, 11) is 0. The summed E-state index contributed by atoms with van der Waals surface area (Å²) in [5.41, 5.74) is 1.34. The first kappa shape index (κ1) is 7.48. The van der Waals surface area contributed by atoms with Crippen LogP contribution >= 0.6 is 11.3 Å². The van der Waals surface area contributed by atoms with Crippen LogP contribution in [-0.2, 0) is 0 Å². The Bertz CT molecular complexity index is 211. The lowest BCUT2D eigenvalue weighted by molar-refractivity contribution is 1.21. The summed E-state index contributed by atoms with van der Waals surface area (Å²) >= 11 is 1.70. The monoisotopic (exact) mass is 153 g/mol. The van der Waals surface area contributed by atoms with Gasteiger partial charge in [0.05, 0.1) is 0 Å². The average Bonchev–Trinajstić information content (AvgIpc) is 2.43. The Kier molecular flexibility index (Phi) is 2.63. The van der Waals surface area contributed by atoms with Gasteiger partial charge < -0.3 is 0 Å². The van der Waals surface area contributed by atoms with E-state index in [1.54, 1.807) is 11.3 Å². The van der Waals surface area contributed by atoms with E-state index in [1.165, 1.54) is 5.57 Å². The van der Waals surface area contributed by atoms with Gasteiger partial charge in [-0.3, -0.25) is 0 Å². The molecule has 2 heteroatoms. The fraction of sp³-hybridized carbons (Fsp3) is 0.375. The Balaban J connectivity index is 2.85. The van der Waals surface area contributed by atoms with Crippen molar-refractivity contribution in [1.82, 2.24) is 4.98 Å². The maximum atomic E-state index is 4.21. The lowest BCUT2D eigenvalue weighted by Gasteiger charge is -1.95. The van der Waals surface area contributed by atoms with E-state index in [4.69, 9.17) is 0 Å². The summed E-state index contributed by atoms with van der Waals surface area (Å²) in [6, 6.07) is 0. The Hall–Kier alpha value is -0.630. The topological polar surface area (TPSA) is 12.9 Å². The van der Waals surface area contributed by atoms with Crippen LogP contribution in [-0.4, -0.2) is 4.98 Å². The van der Waals surface area contributed by atoms with Gasteiger partial charge in [0.1, 0.15) is 5.01 Å². The lowest BCUT2D eigenvalue weighted by atomic mass is 10.2. The van der Waals surface area contributed by atoms with Crippen molar-refractivity contribution in [1.29, 1.82) is 0 Å². The van der Waals surface area contributed by atoms with Crippen LogP contribution in [0.3, 0.4) is 0 Å². The van der Waals surface area contributed by atoms with Crippen molar-refractivity contribution in [3.63, 3.8) is 0 Å². The maximum absolute atomic E-state index is 4.21. The summed E-state index contributed by atoms with van der Waals surface area (Å²) in [6.45, 7) is 4.21. The van der Waals surface area contributed by atoms with Gasteiger partial charge in [-0.2, -0.15) is 0 Å². The smallest absolute Gasteiger partial charge is 0.118 e. The second kappa shape index (κ2) is 3.52. The van der Waals surface area contributed by atoms with Crippen molar-refractivity contribution in [3.8, 4) is 0 Å². The molecule has 0 saturated heterocycles. The first-order chi connectivity index (χ1) is 4.88. The van der Waals surface area contributed by atoms with Gasteiger partial charge in [-0.05, 0) is 18.9 Å². The molecule has 1 aromatic rings. The Morgan fingerprint density at radius 2 is 2.60 bits per heavy atom. The minimum atomic E-state index is 1.07. The summed E-state index contributed by atoms with van der Waals surface area (Å²) in [5.74, 6) is 0. The molecule has 0 aromatic carbocycles. The molecule has 0 unspecified atom stereocenters. The second-order valence-electron chi connectivity index (χ2n) is 2.00.